The maximum absolute atomic E-state index is 12.5. The minimum atomic E-state index is -0.900. The number of hydrogen-bond donors (Lipinski definition) is 2. The maximum Gasteiger partial charge on any atom is 0.308 e. The highest BCUT2D eigenvalue weighted by atomic mass is 16.5. The molecule has 0 aromatic heterocycles. The second-order valence-corrected chi connectivity index (χ2v) is 9.27. The van der Waals surface area contributed by atoms with Crippen LogP contribution in [0.25, 0.3) is 0 Å². The average molecular weight is 425 g/mol. The van der Waals surface area contributed by atoms with E-state index in [9.17, 15) is 19.8 Å². The first-order valence-corrected chi connectivity index (χ1v) is 11.6. The molecule has 0 spiro atoms. The maximum atomic E-state index is 12.5. The lowest BCUT2D eigenvalue weighted by Crippen LogP contribution is -2.44. The molecule has 1 saturated carbocycles. The monoisotopic (exact) mass is 424 g/mol. The van der Waals surface area contributed by atoms with Gasteiger partial charge in [-0.05, 0) is 62.7 Å². The van der Waals surface area contributed by atoms with Gasteiger partial charge in [0, 0.05) is 5.92 Å². The first kappa shape index (κ1) is 24.9. The van der Waals surface area contributed by atoms with Crippen molar-refractivity contribution in [3.63, 3.8) is 0 Å². The number of carbonyl (C=O) groups excluding carboxylic acids is 2. The van der Waals surface area contributed by atoms with Gasteiger partial charge < -0.3 is 19.7 Å². The summed E-state index contributed by atoms with van der Waals surface area (Å²) >= 11 is 0. The molecule has 0 aliphatic heterocycles. The van der Waals surface area contributed by atoms with E-state index < -0.39 is 18.2 Å². The number of esters is 2. The second kappa shape index (κ2) is 11.8. The van der Waals surface area contributed by atoms with Crippen molar-refractivity contribution in [2.75, 3.05) is 7.11 Å². The molecule has 0 radical (unpaired) electrons. The summed E-state index contributed by atoms with van der Waals surface area (Å²) in [4.78, 5) is 23.7. The van der Waals surface area contributed by atoms with Crippen LogP contribution in [0.5, 0.6) is 0 Å². The number of aliphatic hydroxyl groups is 2. The van der Waals surface area contributed by atoms with Crippen LogP contribution in [-0.2, 0) is 19.1 Å². The largest absolute Gasteiger partial charge is 0.469 e. The standard InChI is InChI=1S/C24H40O6/c1-5-15(2)24(28)30-21-8-6-7-17-10-9-16(3)20(23(17)21)12-11-18(25)13-19(26)14-22(27)29-4/h9-10,15-21,23,25-26H,5-8,11-14H2,1-4H3/t15-,16+,17-,18-,19-,20+,21-,23+/m0/s1. The number of fused-ring (bicyclic) bond motifs is 1. The fourth-order valence-corrected chi connectivity index (χ4v) is 5.04. The van der Waals surface area contributed by atoms with Crippen molar-refractivity contribution in [2.24, 2.45) is 29.6 Å². The molecule has 0 amide bonds. The number of rotatable bonds is 10. The van der Waals surface area contributed by atoms with Crippen LogP contribution < -0.4 is 0 Å². The number of hydrogen-bond acceptors (Lipinski definition) is 6. The SMILES string of the molecule is CC[C@H](C)C(=O)O[C@H]1CCC[C@H]2C=C[C@@H](C)[C@@H](CC[C@H](O)C[C@H](O)CC(=O)OC)[C@@H]21. The smallest absolute Gasteiger partial charge is 0.308 e. The minimum Gasteiger partial charge on any atom is -0.469 e. The lowest BCUT2D eigenvalue weighted by molar-refractivity contribution is -0.162. The Hall–Kier alpha value is -1.40. The topological polar surface area (TPSA) is 93.1 Å². The summed E-state index contributed by atoms with van der Waals surface area (Å²) in [6, 6.07) is 0. The van der Waals surface area contributed by atoms with Gasteiger partial charge in [0.2, 0.25) is 0 Å². The molecule has 2 aliphatic carbocycles. The third-order valence-corrected chi connectivity index (χ3v) is 7.07. The molecule has 0 bridgehead atoms. The van der Waals surface area contributed by atoms with E-state index in [1.807, 2.05) is 13.8 Å². The highest BCUT2D eigenvalue weighted by molar-refractivity contribution is 5.72. The third kappa shape index (κ3) is 6.81. The van der Waals surface area contributed by atoms with Gasteiger partial charge in [0.15, 0.2) is 0 Å². The Balaban J connectivity index is 1.99. The number of aliphatic hydroxyl groups excluding tert-OH is 2. The summed E-state index contributed by atoms with van der Waals surface area (Å²) in [6.07, 6.45) is 8.19. The predicted molar refractivity (Wildman–Crippen MR) is 114 cm³/mol. The molecular weight excluding hydrogens is 384 g/mol. The van der Waals surface area contributed by atoms with Gasteiger partial charge in [0.05, 0.1) is 31.7 Å². The Labute approximate surface area is 181 Å². The molecule has 0 aromatic carbocycles. The summed E-state index contributed by atoms with van der Waals surface area (Å²) in [6.45, 7) is 6.11. The van der Waals surface area contributed by atoms with Crippen LogP contribution >= 0.6 is 0 Å². The van der Waals surface area contributed by atoms with E-state index in [-0.39, 0.29) is 36.8 Å². The first-order chi connectivity index (χ1) is 14.3. The van der Waals surface area contributed by atoms with Gasteiger partial charge in [-0.3, -0.25) is 9.59 Å². The first-order valence-electron chi connectivity index (χ1n) is 11.6. The van der Waals surface area contributed by atoms with Crippen molar-refractivity contribution >= 4 is 11.9 Å². The molecule has 0 unspecified atom stereocenters. The van der Waals surface area contributed by atoms with Crippen molar-refractivity contribution in [3.8, 4) is 0 Å². The summed E-state index contributed by atoms with van der Waals surface area (Å²) in [5.41, 5.74) is 0. The van der Waals surface area contributed by atoms with Crippen LogP contribution in [0.3, 0.4) is 0 Å². The second-order valence-electron chi connectivity index (χ2n) is 9.27. The lowest BCUT2D eigenvalue weighted by Gasteiger charge is -2.46. The van der Waals surface area contributed by atoms with Crippen molar-refractivity contribution in [2.45, 2.75) is 90.4 Å². The molecule has 0 aromatic rings. The van der Waals surface area contributed by atoms with Gasteiger partial charge in [0.1, 0.15) is 6.10 Å². The van der Waals surface area contributed by atoms with Gasteiger partial charge in [-0.2, -0.15) is 0 Å². The van der Waals surface area contributed by atoms with E-state index in [1.54, 1.807) is 0 Å². The Morgan fingerprint density at radius 1 is 1.17 bits per heavy atom. The van der Waals surface area contributed by atoms with Gasteiger partial charge >= 0.3 is 11.9 Å². The molecule has 8 atom stereocenters. The number of ether oxygens (including phenoxy) is 2. The third-order valence-electron chi connectivity index (χ3n) is 7.07. The predicted octanol–water partition coefficient (Wildman–Crippen LogP) is 3.64. The van der Waals surface area contributed by atoms with Crippen LogP contribution in [0.1, 0.15) is 72.1 Å². The van der Waals surface area contributed by atoms with Crippen LogP contribution in [0.4, 0.5) is 0 Å². The summed E-state index contributed by atoms with van der Waals surface area (Å²) in [7, 11) is 1.29. The minimum absolute atomic E-state index is 0.0651. The van der Waals surface area contributed by atoms with E-state index in [0.717, 1.165) is 32.1 Å². The highest BCUT2D eigenvalue weighted by Crippen LogP contribution is 2.46. The van der Waals surface area contributed by atoms with Crippen LogP contribution in [-0.4, -0.2) is 47.6 Å². The summed E-state index contributed by atoms with van der Waals surface area (Å²) in [5.74, 6) is 0.699. The normalized spacial score (nSPS) is 31.3. The molecule has 2 rings (SSSR count). The van der Waals surface area contributed by atoms with Crippen LogP contribution in [0.15, 0.2) is 12.2 Å². The molecule has 0 saturated heterocycles. The molecule has 30 heavy (non-hydrogen) atoms. The Bertz CT molecular complexity index is 588. The number of carbonyl (C=O) groups is 2. The van der Waals surface area contributed by atoms with Gasteiger partial charge in [-0.15, -0.1) is 0 Å². The molecule has 172 valence electrons. The Morgan fingerprint density at radius 2 is 1.90 bits per heavy atom. The number of methoxy groups -OCH3 is 1. The van der Waals surface area contributed by atoms with E-state index in [1.165, 1.54) is 7.11 Å². The van der Waals surface area contributed by atoms with Crippen molar-refractivity contribution < 1.29 is 29.3 Å². The van der Waals surface area contributed by atoms with Crippen LogP contribution in [0.2, 0.25) is 0 Å². The van der Waals surface area contributed by atoms with E-state index in [0.29, 0.717) is 24.2 Å². The highest BCUT2D eigenvalue weighted by Gasteiger charge is 2.43. The van der Waals surface area contributed by atoms with E-state index >= 15 is 0 Å². The van der Waals surface area contributed by atoms with E-state index in [2.05, 4.69) is 23.8 Å². The van der Waals surface area contributed by atoms with Crippen molar-refractivity contribution in [1.29, 1.82) is 0 Å². The molecule has 6 heteroatoms. The lowest BCUT2D eigenvalue weighted by atomic mass is 9.62. The fraction of sp³-hybridized carbons (Fsp3) is 0.833. The van der Waals surface area contributed by atoms with Gasteiger partial charge in [-0.1, -0.05) is 32.9 Å². The molecule has 0 heterocycles. The number of allylic oxidation sites excluding steroid dienone is 2. The quantitative estimate of drug-likeness (QED) is 0.411. The van der Waals surface area contributed by atoms with Gasteiger partial charge in [0.25, 0.3) is 0 Å². The summed E-state index contributed by atoms with van der Waals surface area (Å²) in [5, 5.41) is 20.4. The molecule has 2 aliphatic rings. The van der Waals surface area contributed by atoms with E-state index in [4.69, 9.17) is 4.74 Å². The zero-order valence-electron chi connectivity index (χ0n) is 19.0. The Morgan fingerprint density at radius 3 is 2.57 bits per heavy atom. The molecule has 6 nitrogen and oxygen atoms in total. The van der Waals surface area contributed by atoms with Crippen LogP contribution in [0, 0.1) is 29.6 Å². The average Bonchev–Trinajstić information content (AvgIpc) is 2.72. The van der Waals surface area contributed by atoms with Gasteiger partial charge in [-0.25, -0.2) is 0 Å². The Kier molecular flexibility index (Phi) is 9.82. The van der Waals surface area contributed by atoms with Crippen molar-refractivity contribution in [1.82, 2.24) is 0 Å². The van der Waals surface area contributed by atoms with Crippen molar-refractivity contribution in [3.05, 3.63) is 12.2 Å². The molecule has 2 N–H and O–H groups in total. The molecular formula is C24H40O6. The zero-order chi connectivity index (χ0) is 22.3. The zero-order valence-corrected chi connectivity index (χ0v) is 19.0. The molecule has 1 fully saturated rings. The fourth-order valence-electron chi connectivity index (χ4n) is 5.04. The summed E-state index contributed by atoms with van der Waals surface area (Å²) < 4.78 is 10.6.